The van der Waals surface area contributed by atoms with Crippen LogP contribution in [-0.4, -0.2) is 57.7 Å². The van der Waals surface area contributed by atoms with E-state index in [1.54, 1.807) is 12.2 Å². The zero-order valence-electron chi connectivity index (χ0n) is 23.9. The maximum absolute atomic E-state index is 14.4. The predicted molar refractivity (Wildman–Crippen MR) is 157 cm³/mol. The number of para-hydroxylation sites is 1. The lowest BCUT2D eigenvalue weighted by Crippen LogP contribution is -2.63. The van der Waals surface area contributed by atoms with E-state index in [9.17, 15) is 27.9 Å². The van der Waals surface area contributed by atoms with Crippen molar-refractivity contribution in [1.29, 1.82) is 0 Å². The van der Waals surface area contributed by atoms with E-state index in [1.165, 1.54) is 23.1 Å². The van der Waals surface area contributed by atoms with E-state index in [2.05, 4.69) is 11.9 Å². The normalized spacial score (nSPS) is 40.1. The van der Waals surface area contributed by atoms with Gasteiger partial charge in [0.25, 0.3) is 0 Å². The van der Waals surface area contributed by atoms with E-state index in [1.807, 2.05) is 37.3 Å². The predicted octanol–water partition coefficient (Wildman–Crippen LogP) is 6.67. The van der Waals surface area contributed by atoms with Crippen molar-refractivity contribution in [3.63, 3.8) is 0 Å². The van der Waals surface area contributed by atoms with Crippen LogP contribution < -0.4 is 0 Å². The number of carbonyl (C=O) groups excluding carboxylic acids is 2. The number of Topliss-reactive ketones (excluding diaryl/α,β-unsaturated/α-hetero) is 1. The Bertz CT molecular complexity index is 1510. The van der Waals surface area contributed by atoms with E-state index in [4.69, 9.17) is 9.47 Å². The van der Waals surface area contributed by atoms with Gasteiger partial charge in [-0.25, -0.2) is 4.98 Å². The van der Waals surface area contributed by atoms with Gasteiger partial charge in [0.05, 0.1) is 28.2 Å². The van der Waals surface area contributed by atoms with Crippen molar-refractivity contribution >= 4 is 44.9 Å². The fourth-order valence-electron chi connectivity index (χ4n) is 9.20. The molecule has 1 aliphatic heterocycles. The highest BCUT2D eigenvalue weighted by atomic mass is 32.2. The summed E-state index contributed by atoms with van der Waals surface area (Å²) in [7, 11) is 0. The topological polar surface area (TPSA) is 85.7 Å². The number of aliphatic hydroxyl groups excluding tert-OH is 1. The number of aromatic nitrogens is 1. The summed E-state index contributed by atoms with van der Waals surface area (Å²) in [5.41, 5.74) is -0.925. The Morgan fingerprint density at radius 2 is 2.05 bits per heavy atom. The molecule has 230 valence electrons. The number of thioether (sulfide) groups is 1. The van der Waals surface area contributed by atoms with Crippen LogP contribution in [0.25, 0.3) is 10.2 Å². The van der Waals surface area contributed by atoms with Crippen molar-refractivity contribution in [3.05, 3.63) is 48.1 Å². The Morgan fingerprint density at radius 3 is 2.81 bits per heavy atom. The summed E-state index contributed by atoms with van der Waals surface area (Å²) in [6.07, 6.45) is -1.08. The molecule has 4 aliphatic carbocycles. The summed E-state index contributed by atoms with van der Waals surface area (Å²) in [6.45, 7) is 4.05. The van der Waals surface area contributed by atoms with Crippen LogP contribution in [0.15, 0.2) is 52.4 Å². The number of allylic oxidation sites excluding steroid dienone is 4. The zero-order valence-corrected chi connectivity index (χ0v) is 25.6. The summed E-state index contributed by atoms with van der Waals surface area (Å²) >= 11 is 2.80. The smallest absolute Gasteiger partial charge is 0.389 e. The summed E-state index contributed by atoms with van der Waals surface area (Å²) in [4.78, 5) is 31.2. The fraction of sp³-hybridized carbons (Fsp3) is 0.594. The molecule has 1 N–H and O–H groups in total. The number of benzene rings is 1. The number of thiazole rings is 1. The molecule has 43 heavy (non-hydrogen) atoms. The lowest BCUT2D eigenvalue weighted by Gasteiger charge is -2.59. The molecule has 9 atom stereocenters. The highest BCUT2D eigenvalue weighted by Gasteiger charge is 2.75. The molecule has 0 radical (unpaired) electrons. The average Bonchev–Trinajstić information content (AvgIpc) is 3.60. The van der Waals surface area contributed by atoms with Crippen LogP contribution >= 0.6 is 23.1 Å². The van der Waals surface area contributed by atoms with Crippen LogP contribution in [0.3, 0.4) is 0 Å². The van der Waals surface area contributed by atoms with Gasteiger partial charge >= 0.3 is 6.18 Å². The molecule has 7 rings (SSSR count). The zero-order chi connectivity index (χ0) is 30.4. The monoisotopic (exact) mass is 633 g/mol. The fourth-order valence-corrected chi connectivity index (χ4v) is 11.2. The number of rotatable bonds is 6. The maximum atomic E-state index is 14.4. The quantitative estimate of drug-likeness (QED) is 0.356. The Balaban J connectivity index is 1.21. The molecule has 5 aliphatic rings. The van der Waals surface area contributed by atoms with Gasteiger partial charge in [0, 0.05) is 29.6 Å². The molecule has 2 heterocycles. The molecule has 6 unspecified atom stereocenters. The summed E-state index contributed by atoms with van der Waals surface area (Å²) in [5, 5.41) is 11.9. The lowest BCUT2D eigenvalue weighted by molar-refractivity contribution is -0.204. The molecule has 6 nitrogen and oxygen atoms in total. The molecule has 3 saturated carbocycles. The largest absolute Gasteiger partial charge is 0.393 e. The van der Waals surface area contributed by atoms with Gasteiger partial charge in [-0.1, -0.05) is 49.4 Å². The second-order valence-electron chi connectivity index (χ2n) is 13.2. The number of hydrogen-bond acceptors (Lipinski definition) is 8. The molecule has 11 heteroatoms. The highest BCUT2D eigenvalue weighted by molar-refractivity contribution is 8.01. The molecule has 0 spiro atoms. The number of fused-ring (bicyclic) bond motifs is 8. The minimum atomic E-state index is -4.37. The van der Waals surface area contributed by atoms with Crippen molar-refractivity contribution in [2.24, 2.45) is 28.6 Å². The second-order valence-corrected chi connectivity index (χ2v) is 15.4. The SMILES string of the molecule is CC12C=CC(=O)C=C1CCC1C2[C@@H](O)CC2(C)C1C[C@@H]1OC(CCC(F)(F)F)O[C@]12C(=O)CSc1nc2ccccc2s1. The van der Waals surface area contributed by atoms with Gasteiger partial charge in [-0.05, 0) is 61.8 Å². The van der Waals surface area contributed by atoms with Gasteiger partial charge in [0.1, 0.15) is 0 Å². The van der Waals surface area contributed by atoms with Gasteiger partial charge < -0.3 is 14.6 Å². The van der Waals surface area contributed by atoms with Gasteiger partial charge in [-0.2, -0.15) is 13.2 Å². The number of ketones is 2. The first-order chi connectivity index (χ1) is 20.3. The van der Waals surface area contributed by atoms with Gasteiger partial charge in [0.2, 0.25) is 0 Å². The minimum Gasteiger partial charge on any atom is -0.393 e. The minimum absolute atomic E-state index is 0.0294. The number of alkyl halides is 3. The van der Waals surface area contributed by atoms with E-state index < -0.39 is 47.5 Å². The van der Waals surface area contributed by atoms with E-state index in [0.29, 0.717) is 12.8 Å². The average molecular weight is 634 g/mol. The van der Waals surface area contributed by atoms with Crippen molar-refractivity contribution in [2.75, 3.05) is 5.75 Å². The number of nitrogens with zero attached hydrogens (tertiary/aromatic N) is 1. The maximum Gasteiger partial charge on any atom is 0.389 e. The van der Waals surface area contributed by atoms with Crippen LogP contribution in [0, 0.1) is 28.6 Å². The van der Waals surface area contributed by atoms with Crippen LogP contribution in [0.4, 0.5) is 13.2 Å². The third-order valence-corrected chi connectivity index (χ3v) is 13.1. The number of aliphatic hydroxyl groups is 1. The van der Waals surface area contributed by atoms with Crippen LogP contribution in [0.2, 0.25) is 0 Å². The number of ether oxygens (including phenoxy) is 2. The van der Waals surface area contributed by atoms with Gasteiger partial charge in [-0.15, -0.1) is 11.3 Å². The molecule has 4 fully saturated rings. The number of carbonyl (C=O) groups is 2. The van der Waals surface area contributed by atoms with E-state index >= 15 is 0 Å². The highest BCUT2D eigenvalue weighted by Crippen LogP contribution is 2.70. The van der Waals surface area contributed by atoms with Crippen LogP contribution in [0.5, 0.6) is 0 Å². The first kappa shape index (κ1) is 29.6. The molecule has 1 saturated heterocycles. The number of hydrogen-bond donors (Lipinski definition) is 1. The molecule has 0 bridgehead atoms. The molecule has 1 aromatic carbocycles. The van der Waals surface area contributed by atoms with Gasteiger partial charge in [0.15, 0.2) is 27.8 Å². The first-order valence-corrected chi connectivity index (χ1v) is 16.7. The summed E-state index contributed by atoms with van der Waals surface area (Å²) in [6, 6.07) is 7.72. The number of halogens is 3. The molecule has 2 aromatic rings. The van der Waals surface area contributed by atoms with E-state index in [0.717, 1.165) is 26.6 Å². The summed E-state index contributed by atoms with van der Waals surface area (Å²) < 4.78 is 53.9. The van der Waals surface area contributed by atoms with Crippen molar-refractivity contribution < 1.29 is 37.3 Å². The van der Waals surface area contributed by atoms with Crippen LogP contribution in [-0.2, 0) is 19.1 Å². The van der Waals surface area contributed by atoms with Crippen molar-refractivity contribution in [1.82, 2.24) is 4.98 Å². The first-order valence-electron chi connectivity index (χ1n) is 14.9. The molecular weight excluding hydrogens is 599 g/mol. The lowest BCUT2D eigenvalue weighted by atomic mass is 9.46. The Kier molecular flexibility index (Phi) is 7.06. The third-order valence-electron chi connectivity index (χ3n) is 11.0. The molecule has 1 aromatic heterocycles. The Morgan fingerprint density at radius 1 is 1.26 bits per heavy atom. The third kappa shape index (κ3) is 4.59. The Labute approximate surface area is 256 Å². The van der Waals surface area contributed by atoms with Crippen molar-refractivity contribution in [3.8, 4) is 0 Å². The van der Waals surface area contributed by atoms with Crippen molar-refractivity contribution in [2.45, 2.75) is 87.0 Å². The molecule has 0 amide bonds. The second kappa shape index (κ2) is 10.2. The van der Waals surface area contributed by atoms with Crippen LogP contribution in [0.1, 0.15) is 52.4 Å². The summed E-state index contributed by atoms with van der Waals surface area (Å²) in [5.74, 6) is -0.403. The van der Waals surface area contributed by atoms with E-state index in [-0.39, 0.29) is 47.9 Å². The Hall–Kier alpha value is -2.05. The van der Waals surface area contributed by atoms with Gasteiger partial charge in [-0.3, -0.25) is 9.59 Å². The standard InChI is InChI=1S/C32H34F3NO5S2/c1-29-11-9-18(37)13-17(29)7-8-19-20-14-25-32(30(20,2)15-22(38)27(19)29,41-26(40-25)10-12-31(33,34)35)24(39)16-42-28-36-21-5-3-4-6-23(21)43-28/h3-6,9,11,13,19-20,22,25-27,38H,7-8,10,12,14-16H2,1-2H3/t19?,20?,22-,25-,26?,27?,29?,30?,32+/m0/s1. The molecular formula is C32H34F3NO5S2.